The minimum atomic E-state index is -0.515. The molecule has 0 bridgehead atoms. The molecule has 1 aliphatic heterocycles. The number of nitrogens with zero attached hydrogens (tertiary/aromatic N) is 3. The van der Waals surface area contributed by atoms with Gasteiger partial charge in [0.15, 0.2) is 0 Å². The van der Waals surface area contributed by atoms with Crippen molar-refractivity contribution in [1.29, 1.82) is 0 Å². The van der Waals surface area contributed by atoms with Gasteiger partial charge < -0.3 is 5.32 Å². The Balaban J connectivity index is 1.65. The Morgan fingerprint density at radius 1 is 1.12 bits per heavy atom. The standard InChI is InChI=1S/C22H19Cl2N5O4/c1-27-19-5-3-15(20(30)25-10-14-6-7-29(33)26-11-14)9-16(19)21(31)28(22(27)32)12-13-2-4-17(23)18(24)8-13/h2-9,11,26,33H,10,12H2,1H3,(H,25,30). The first-order chi connectivity index (χ1) is 15.7. The Morgan fingerprint density at radius 2 is 1.91 bits per heavy atom. The van der Waals surface area contributed by atoms with Gasteiger partial charge in [0.05, 0.1) is 33.7 Å². The molecule has 170 valence electrons. The van der Waals surface area contributed by atoms with Crippen LogP contribution in [0.3, 0.4) is 0 Å². The van der Waals surface area contributed by atoms with Gasteiger partial charge in [0, 0.05) is 25.4 Å². The van der Waals surface area contributed by atoms with E-state index in [-0.39, 0.29) is 29.9 Å². The first kappa shape index (κ1) is 22.7. The molecule has 1 aromatic heterocycles. The van der Waals surface area contributed by atoms with E-state index >= 15 is 0 Å². The van der Waals surface area contributed by atoms with Gasteiger partial charge in [0.1, 0.15) is 0 Å². The summed E-state index contributed by atoms with van der Waals surface area (Å²) in [5.41, 5.74) is 3.63. The maximum atomic E-state index is 13.2. The van der Waals surface area contributed by atoms with Crippen molar-refractivity contribution in [3.05, 3.63) is 102 Å². The van der Waals surface area contributed by atoms with Crippen molar-refractivity contribution in [1.82, 2.24) is 25.0 Å². The average Bonchev–Trinajstić information content (AvgIpc) is 2.81. The van der Waals surface area contributed by atoms with Crippen LogP contribution in [0.2, 0.25) is 10.0 Å². The molecular weight excluding hydrogens is 469 g/mol. The number of benzene rings is 2. The summed E-state index contributed by atoms with van der Waals surface area (Å²) in [6.45, 7) is 0.215. The molecule has 0 fully saturated rings. The van der Waals surface area contributed by atoms with E-state index in [1.807, 2.05) is 0 Å². The monoisotopic (exact) mass is 487 g/mol. The van der Waals surface area contributed by atoms with Crippen LogP contribution in [0.4, 0.5) is 0 Å². The van der Waals surface area contributed by atoms with Crippen molar-refractivity contribution in [3.63, 3.8) is 0 Å². The van der Waals surface area contributed by atoms with Crippen LogP contribution < -0.4 is 22.0 Å². The molecule has 4 rings (SSSR count). The molecule has 0 radical (unpaired) electrons. The average molecular weight is 488 g/mol. The summed E-state index contributed by atoms with van der Waals surface area (Å²) in [5.74, 6) is -0.387. The molecule has 2 heterocycles. The Kier molecular flexibility index (Phi) is 6.28. The summed E-state index contributed by atoms with van der Waals surface area (Å²) in [4.78, 5) is 38.7. The van der Waals surface area contributed by atoms with Crippen LogP contribution in [0.1, 0.15) is 15.9 Å². The van der Waals surface area contributed by atoms with Crippen LogP contribution >= 0.6 is 23.2 Å². The number of amides is 1. The van der Waals surface area contributed by atoms with Crippen molar-refractivity contribution in [3.8, 4) is 0 Å². The molecular formula is C22H19Cl2N5O4. The number of fused-ring (bicyclic) bond motifs is 1. The summed E-state index contributed by atoms with van der Waals surface area (Å²) in [6.07, 6.45) is 4.57. The van der Waals surface area contributed by atoms with Gasteiger partial charge in [-0.05, 0) is 47.5 Å². The summed E-state index contributed by atoms with van der Waals surface area (Å²) in [5, 5.41) is 13.7. The second-order valence-electron chi connectivity index (χ2n) is 7.40. The Morgan fingerprint density at radius 3 is 2.61 bits per heavy atom. The second kappa shape index (κ2) is 9.14. The first-order valence-electron chi connectivity index (χ1n) is 9.82. The number of aryl methyl sites for hydroxylation is 1. The van der Waals surface area contributed by atoms with Gasteiger partial charge in [-0.25, -0.2) is 4.79 Å². The zero-order valence-electron chi connectivity index (χ0n) is 17.4. The maximum absolute atomic E-state index is 13.2. The lowest BCUT2D eigenvalue weighted by atomic mass is 10.1. The highest BCUT2D eigenvalue weighted by Crippen LogP contribution is 2.22. The predicted octanol–water partition coefficient (Wildman–Crippen LogP) is 2.39. The van der Waals surface area contributed by atoms with E-state index in [0.29, 0.717) is 21.1 Å². The normalized spacial score (nSPS) is 13.1. The number of hydrogen-bond acceptors (Lipinski definition) is 6. The third-order valence-corrected chi connectivity index (χ3v) is 5.94. The molecule has 0 aliphatic carbocycles. The van der Waals surface area contributed by atoms with E-state index in [9.17, 15) is 19.6 Å². The van der Waals surface area contributed by atoms with E-state index in [1.165, 1.54) is 23.0 Å². The molecule has 3 aromatic rings. The van der Waals surface area contributed by atoms with Crippen molar-refractivity contribution in [2.24, 2.45) is 7.05 Å². The first-order valence-corrected chi connectivity index (χ1v) is 10.6. The maximum Gasteiger partial charge on any atom is 0.331 e. The Bertz CT molecular complexity index is 1440. The van der Waals surface area contributed by atoms with Crippen LogP contribution in [0, 0.1) is 0 Å². The highest BCUT2D eigenvalue weighted by atomic mass is 35.5. The lowest BCUT2D eigenvalue weighted by molar-refractivity contribution is -0.0763. The predicted molar refractivity (Wildman–Crippen MR) is 125 cm³/mol. The van der Waals surface area contributed by atoms with E-state index < -0.39 is 11.2 Å². The number of aromatic nitrogens is 2. The number of hydroxylamine groups is 1. The van der Waals surface area contributed by atoms with Crippen molar-refractivity contribution < 1.29 is 10.0 Å². The van der Waals surface area contributed by atoms with Crippen LogP contribution in [0.25, 0.3) is 10.9 Å². The zero-order valence-corrected chi connectivity index (χ0v) is 18.9. The molecule has 3 N–H and O–H groups in total. The highest BCUT2D eigenvalue weighted by molar-refractivity contribution is 6.42. The number of hydrogen-bond donors (Lipinski definition) is 3. The van der Waals surface area contributed by atoms with Gasteiger partial charge in [-0.2, -0.15) is 5.17 Å². The Labute approximate surface area is 197 Å². The van der Waals surface area contributed by atoms with Crippen molar-refractivity contribution in [2.45, 2.75) is 6.54 Å². The second-order valence-corrected chi connectivity index (χ2v) is 8.22. The molecule has 0 spiro atoms. The number of halogens is 2. The Hall–Kier alpha value is -3.53. The van der Waals surface area contributed by atoms with E-state index in [4.69, 9.17) is 23.2 Å². The van der Waals surface area contributed by atoms with Gasteiger partial charge in [0.25, 0.3) is 11.5 Å². The summed E-state index contributed by atoms with van der Waals surface area (Å²) in [6, 6.07) is 9.48. The molecule has 0 saturated carbocycles. The lowest BCUT2D eigenvalue weighted by Crippen LogP contribution is -2.39. The van der Waals surface area contributed by atoms with Gasteiger partial charge in [0.2, 0.25) is 0 Å². The van der Waals surface area contributed by atoms with Crippen molar-refractivity contribution >= 4 is 40.0 Å². The van der Waals surface area contributed by atoms with Crippen LogP contribution in [0.5, 0.6) is 0 Å². The van der Waals surface area contributed by atoms with Crippen LogP contribution in [-0.4, -0.2) is 32.0 Å². The number of carbonyl (C=O) groups excluding carboxylic acids is 1. The molecule has 33 heavy (non-hydrogen) atoms. The summed E-state index contributed by atoms with van der Waals surface area (Å²) < 4.78 is 2.45. The number of carbonyl (C=O) groups is 1. The largest absolute Gasteiger partial charge is 0.348 e. The fourth-order valence-electron chi connectivity index (χ4n) is 3.42. The summed E-state index contributed by atoms with van der Waals surface area (Å²) >= 11 is 12.0. The van der Waals surface area contributed by atoms with Gasteiger partial charge in [-0.3, -0.25) is 29.4 Å². The van der Waals surface area contributed by atoms with Gasteiger partial charge >= 0.3 is 5.69 Å². The molecule has 9 nitrogen and oxygen atoms in total. The van der Waals surface area contributed by atoms with E-state index in [2.05, 4.69) is 10.7 Å². The number of hydrazine groups is 1. The van der Waals surface area contributed by atoms with Gasteiger partial charge in [-0.15, -0.1) is 0 Å². The fourth-order valence-corrected chi connectivity index (χ4v) is 3.74. The molecule has 1 aliphatic rings. The third kappa shape index (κ3) is 4.65. The smallest absolute Gasteiger partial charge is 0.331 e. The minimum absolute atomic E-state index is 0.00409. The zero-order chi connectivity index (χ0) is 23.7. The SMILES string of the molecule is Cn1c(=O)n(Cc2ccc(Cl)c(Cl)c2)c(=O)c2cc(C(=O)NCC3=CNN(O)C=C3)ccc21. The molecule has 1 amide bonds. The molecule has 0 atom stereocenters. The molecule has 11 heteroatoms. The molecule has 0 unspecified atom stereocenters. The molecule has 0 saturated heterocycles. The molecule has 2 aromatic carbocycles. The highest BCUT2D eigenvalue weighted by Gasteiger charge is 2.15. The fraction of sp³-hybridized carbons (Fsp3) is 0.136. The van der Waals surface area contributed by atoms with E-state index in [1.54, 1.807) is 43.5 Å². The lowest BCUT2D eigenvalue weighted by Gasteiger charge is -2.17. The summed E-state index contributed by atoms with van der Waals surface area (Å²) in [7, 11) is 1.56. The van der Waals surface area contributed by atoms with Crippen LogP contribution in [0.15, 0.2) is 70.0 Å². The quantitative estimate of drug-likeness (QED) is 0.509. The third-order valence-electron chi connectivity index (χ3n) is 5.20. The van der Waals surface area contributed by atoms with Crippen molar-refractivity contribution in [2.75, 3.05) is 6.54 Å². The van der Waals surface area contributed by atoms with Gasteiger partial charge in [-0.1, -0.05) is 29.3 Å². The number of nitrogens with one attached hydrogen (secondary N) is 2. The van der Waals surface area contributed by atoms with E-state index in [0.717, 1.165) is 15.3 Å². The minimum Gasteiger partial charge on any atom is -0.348 e. The number of rotatable bonds is 5. The topological polar surface area (TPSA) is 109 Å². The van der Waals surface area contributed by atoms with Crippen LogP contribution in [-0.2, 0) is 13.6 Å².